The Bertz CT molecular complexity index is 339. The lowest BCUT2D eigenvalue weighted by atomic mass is 10.3. The minimum atomic E-state index is -0.371. The zero-order chi connectivity index (χ0) is 8.97. The number of terminal acetylenes is 1. The molecule has 1 aromatic rings. The highest BCUT2D eigenvalue weighted by atomic mass is 16.5. The van der Waals surface area contributed by atoms with E-state index in [4.69, 9.17) is 11.2 Å². The van der Waals surface area contributed by atoms with Crippen LogP contribution in [0.4, 0.5) is 0 Å². The minimum Gasteiger partial charge on any atom is -0.427 e. The zero-order valence-corrected chi connectivity index (χ0v) is 6.57. The van der Waals surface area contributed by atoms with Crippen LogP contribution in [0.1, 0.15) is 12.6 Å². The van der Waals surface area contributed by atoms with Crippen LogP contribution in [0.25, 0.3) is 0 Å². The fourth-order valence-electron chi connectivity index (χ4n) is 0.720. The molecule has 12 heavy (non-hydrogen) atoms. The van der Waals surface area contributed by atoms with Gasteiger partial charge in [0.25, 0.3) is 0 Å². The Labute approximate surface area is 70.4 Å². The summed E-state index contributed by atoms with van der Waals surface area (Å²) in [6.45, 7) is 1.33. The first-order valence-corrected chi connectivity index (χ1v) is 3.33. The van der Waals surface area contributed by atoms with Gasteiger partial charge in [0.2, 0.25) is 0 Å². The molecule has 0 aliphatic rings. The zero-order valence-electron chi connectivity index (χ0n) is 6.57. The molecule has 0 spiro atoms. The third kappa shape index (κ3) is 2.10. The average Bonchev–Trinajstić information content (AvgIpc) is 2.03. The van der Waals surface area contributed by atoms with Crippen LogP contribution in [-0.4, -0.2) is 11.0 Å². The highest BCUT2D eigenvalue weighted by Gasteiger charge is 1.97. The lowest BCUT2D eigenvalue weighted by Crippen LogP contribution is -2.01. The fourth-order valence-corrected chi connectivity index (χ4v) is 0.720. The SMILES string of the molecule is C#Cc1cc(OC(C)=O)ccn1. The second-order valence-electron chi connectivity index (χ2n) is 2.11. The van der Waals surface area contributed by atoms with Crippen LogP contribution in [0, 0.1) is 12.3 Å². The predicted octanol–water partition coefficient (Wildman–Crippen LogP) is 0.988. The maximum Gasteiger partial charge on any atom is 0.308 e. The first-order chi connectivity index (χ1) is 5.72. The molecule has 0 aliphatic carbocycles. The first kappa shape index (κ1) is 8.28. The molecule has 0 amide bonds. The highest BCUT2D eigenvalue weighted by Crippen LogP contribution is 2.09. The van der Waals surface area contributed by atoms with E-state index in [1.54, 1.807) is 6.07 Å². The maximum atomic E-state index is 10.5. The van der Waals surface area contributed by atoms with Crippen LogP contribution < -0.4 is 4.74 Å². The molecule has 0 unspecified atom stereocenters. The van der Waals surface area contributed by atoms with Crippen molar-refractivity contribution in [3.8, 4) is 18.1 Å². The van der Waals surface area contributed by atoms with Crippen molar-refractivity contribution in [2.24, 2.45) is 0 Å². The van der Waals surface area contributed by atoms with Crippen molar-refractivity contribution in [3.63, 3.8) is 0 Å². The third-order valence-electron chi connectivity index (χ3n) is 1.14. The van der Waals surface area contributed by atoms with E-state index in [0.717, 1.165) is 0 Å². The van der Waals surface area contributed by atoms with Crippen molar-refractivity contribution < 1.29 is 9.53 Å². The lowest BCUT2D eigenvalue weighted by Gasteiger charge is -1.99. The van der Waals surface area contributed by atoms with Crippen LogP contribution in [0.3, 0.4) is 0 Å². The second-order valence-corrected chi connectivity index (χ2v) is 2.11. The van der Waals surface area contributed by atoms with Crippen molar-refractivity contribution >= 4 is 5.97 Å². The van der Waals surface area contributed by atoms with Crippen LogP contribution in [-0.2, 0) is 4.79 Å². The van der Waals surface area contributed by atoms with Gasteiger partial charge in [-0.25, -0.2) is 4.98 Å². The Balaban J connectivity index is 2.88. The van der Waals surface area contributed by atoms with E-state index < -0.39 is 0 Å². The van der Waals surface area contributed by atoms with E-state index in [0.29, 0.717) is 11.4 Å². The number of aromatic nitrogens is 1. The quantitative estimate of drug-likeness (QED) is 0.455. The van der Waals surface area contributed by atoms with E-state index in [1.165, 1.54) is 19.2 Å². The molecular weight excluding hydrogens is 154 g/mol. The van der Waals surface area contributed by atoms with E-state index in [2.05, 4.69) is 10.9 Å². The minimum absolute atomic E-state index is 0.371. The molecule has 1 heterocycles. The molecule has 0 aromatic carbocycles. The summed E-state index contributed by atoms with van der Waals surface area (Å²) < 4.78 is 4.78. The Morgan fingerprint density at radius 3 is 3.08 bits per heavy atom. The van der Waals surface area contributed by atoms with Gasteiger partial charge in [-0.05, 0) is 6.07 Å². The number of pyridine rings is 1. The topological polar surface area (TPSA) is 39.2 Å². The molecule has 1 aromatic heterocycles. The van der Waals surface area contributed by atoms with Gasteiger partial charge in [0, 0.05) is 19.2 Å². The van der Waals surface area contributed by atoms with Gasteiger partial charge >= 0.3 is 5.97 Å². The van der Waals surface area contributed by atoms with Crippen molar-refractivity contribution in [3.05, 3.63) is 24.0 Å². The molecule has 0 fully saturated rings. The predicted molar refractivity (Wildman–Crippen MR) is 43.5 cm³/mol. The van der Waals surface area contributed by atoms with Gasteiger partial charge < -0.3 is 4.74 Å². The van der Waals surface area contributed by atoms with Gasteiger partial charge in [-0.15, -0.1) is 6.42 Å². The molecule has 0 N–H and O–H groups in total. The molecule has 0 bridgehead atoms. The molecule has 0 saturated carbocycles. The van der Waals surface area contributed by atoms with Crippen molar-refractivity contribution in [2.75, 3.05) is 0 Å². The molecule has 1 rings (SSSR count). The monoisotopic (exact) mass is 161 g/mol. The van der Waals surface area contributed by atoms with Crippen LogP contribution >= 0.6 is 0 Å². The van der Waals surface area contributed by atoms with Gasteiger partial charge in [-0.1, -0.05) is 5.92 Å². The molecular formula is C9H7NO2. The summed E-state index contributed by atoms with van der Waals surface area (Å²) in [4.78, 5) is 14.4. The Morgan fingerprint density at radius 2 is 2.50 bits per heavy atom. The number of nitrogens with zero attached hydrogens (tertiary/aromatic N) is 1. The Kier molecular flexibility index (Phi) is 2.44. The molecule has 3 heteroatoms. The molecule has 0 aliphatic heterocycles. The van der Waals surface area contributed by atoms with Crippen molar-refractivity contribution in [2.45, 2.75) is 6.92 Å². The number of carbonyl (C=O) groups excluding carboxylic acids is 1. The van der Waals surface area contributed by atoms with Gasteiger partial charge in [0.15, 0.2) is 0 Å². The summed E-state index contributed by atoms with van der Waals surface area (Å²) in [5.41, 5.74) is 0.453. The summed E-state index contributed by atoms with van der Waals surface area (Å²) >= 11 is 0. The maximum absolute atomic E-state index is 10.5. The number of carbonyl (C=O) groups is 1. The lowest BCUT2D eigenvalue weighted by molar-refractivity contribution is -0.131. The number of ether oxygens (including phenoxy) is 1. The van der Waals surface area contributed by atoms with Crippen LogP contribution in [0.2, 0.25) is 0 Å². The third-order valence-corrected chi connectivity index (χ3v) is 1.14. The van der Waals surface area contributed by atoms with Crippen molar-refractivity contribution in [1.82, 2.24) is 4.98 Å². The summed E-state index contributed by atoms with van der Waals surface area (Å²) in [7, 11) is 0. The standard InChI is InChI=1S/C9H7NO2/c1-3-8-6-9(4-5-10-8)12-7(2)11/h1,4-6H,2H3. The van der Waals surface area contributed by atoms with Crippen molar-refractivity contribution in [1.29, 1.82) is 0 Å². The van der Waals surface area contributed by atoms with Gasteiger partial charge in [-0.2, -0.15) is 0 Å². The summed E-state index contributed by atoms with van der Waals surface area (Å²) in [5.74, 6) is 2.39. The molecule has 3 nitrogen and oxygen atoms in total. The second kappa shape index (κ2) is 3.54. The number of hydrogen-bond donors (Lipinski definition) is 0. The smallest absolute Gasteiger partial charge is 0.308 e. The van der Waals surface area contributed by atoms with E-state index in [1.807, 2.05) is 0 Å². The Hall–Kier alpha value is -1.82. The summed E-state index contributed by atoms with van der Waals surface area (Å²) in [6.07, 6.45) is 6.59. The fraction of sp³-hybridized carbons (Fsp3) is 0.111. The first-order valence-electron chi connectivity index (χ1n) is 3.33. The van der Waals surface area contributed by atoms with E-state index in [9.17, 15) is 4.79 Å². The normalized spacial score (nSPS) is 8.67. The molecule has 60 valence electrons. The number of hydrogen-bond acceptors (Lipinski definition) is 3. The number of esters is 1. The van der Waals surface area contributed by atoms with Gasteiger partial charge in [-0.3, -0.25) is 4.79 Å². The van der Waals surface area contributed by atoms with Crippen LogP contribution in [0.15, 0.2) is 18.3 Å². The number of rotatable bonds is 1. The summed E-state index contributed by atoms with van der Waals surface area (Å²) in [6, 6.07) is 3.10. The highest BCUT2D eigenvalue weighted by molar-refractivity contribution is 5.69. The van der Waals surface area contributed by atoms with Gasteiger partial charge in [0.05, 0.1) is 0 Å². The molecule has 0 atom stereocenters. The summed E-state index contributed by atoms with van der Waals surface area (Å²) in [5, 5.41) is 0. The molecule has 0 saturated heterocycles. The van der Waals surface area contributed by atoms with Crippen LogP contribution in [0.5, 0.6) is 5.75 Å². The van der Waals surface area contributed by atoms with E-state index in [-0.39, 0.29) is 5.97 Å². The largest absolute Gasteiger partial charge is 0.427 e. The Morgan fingerprint density at radius 1 is 1.75 bits per heavy atom. The van der Waals surface area contributed by atoms with Gasteiger partial charge in [0.1, 0.15) is 11.4 Å². The molecule has 0 radical (unpaired) electrons. The van der Waals surface area contributed by atoms with E-state index >= 15 is 0 Å². The average molecular weight is 161 g/mol.